The van der Waals surface area contributed by atoms with Gasteiger partial charge in [0.1, 0.15) is 0 Å². The molecular weight excluding hydrogens is 196 g/mol. The monoisotopic (exact) mass is 216 g/mol. The van der Waals surface area contributed by atoms with Crippen molar-refractivity contribution in [1.29, 1.82) is 0 Å². The molecular formula is C10H20N2O3. The lowest BCUT2D eigenvalue weighted by Crippen LogP contribution is -2.27. The largest absolute Gasteiger partial charge is 0.469 e. The van der Waals surface area contributed by atoms with Gasteiger partial charge in [0.15, 0.2) is 0 Å². The quantitative estimate of drug-likeness (QED) is 0.481. The molecule has 5 nitrogen and oxygen atoms in total. The maximum absolute atomic E-state index is 11.2. The van der Waals surface area contributed by atoms with E-state index >= 15 is 0 Å². The van der Waals surface area contributed by atoms with E-state index in [4.69, 9.17) is 0 Å². The van der Waals surface area contributed by atoms with Crippen molar-refractivity contribution in [3.63, 3.8) is 0 Å². The van der Waals surface area contributed by atoms with E-state index in [2.05, 4.69) is 15.0 Å². The molecule has 0 aliphatic rings. The highest BCUT2D eigenvalue weighted by molar-refractivity contribution is 5.81. The molecule has 0 heterocycles. The number of methoxy groups -OCH3 is 1. The predicted octanol–water partition coefficient (Wildman–Crippen LogP) is 0.00750. The summed E-state index contributed by atoms with van der Waals surface area (Å²) >= 11 is 0. The Hall–Kier alpha value is -1.10. The van der Waals surface area contributed by atoms with Crippen molar-refractivity contribution in [3.8, 4) is 0 Å². The van der Waals surface area contributed by atoms with Crippen molar-refractivity contribution in [2.45, 2.75) is 19.3 Å². The number of nitrogens with one attached hydrogen (secondary N) is 1. The Morgan fingerprint density at radius 3 is 2.47 bits per heavy atom. The van der Waals surface area contributed by atoms with Crippen LogP contribution in [0, 0.1) is 0 Å². The third-order valence-electron chi connectivity index (χ3n) is 1.89. The fraction of sp³-hybridized carbons (Fsp3) is 0.800. The molecule has 5 heteroatoms. The average Bonchev–Trinajstić information content (AvgIpc) is 2.20. The minimum absolute atomic E-state index is 0.0980. The van der Waals surface area contributed by atoms with Crippen LogP contribution in [0.3, 0.4) is 0 Å². The van der Waals surface area contributed by atoms with E-state index in [1.54, 1.807) is 0 Å². The van der Waals surface area contributed by atoms with Crippen LogP contribution in [0.1, 0.15) is 19.3 Å². The molecule has 0 bridgehead atoms. The zero-order valence-electron chi connectivity index (χ0n) is 9.71. The maximum atomic E-state index is 11.2. The maximum Gasteiger partial charge on any atom is 0.306 e. The summed E-state index contributed by atoms with van der Waals surface area (Å²) in [6.07, 6.45) is 1.27. The van der Waals surface area contributed by atoms with E-state index < -0.39 is 0 Å². The highest BCUT2D eigenvalue weighted by Crippen LogP contribution is 1.91. The number of rotatable bonds is 7. The molecule has 1 N–H and O–H groups in total. The zero-order chi connectivity index (χ0) is 11.7. The fourth-order valence-electron chi connectivity index (χ4n) is 1.03. The van der Waals surface area contributed by atoms with Crippen LogP contribution in [0.25, 0.3) is 0 Å². The molecule has 0 saturated heterocycles. The van der Waals surface area contributed by atoms with Crippen molar-refractivity contribution in [1.82, 2.24) is 10.2 Å². The topological polar surface area (TPSA) is 58.6 Å². The van der Waals surface area contributed by atoms with Gasteiger partial charge in [0, 0.05) is 13.0 Å². The molecule has 0 spiro atoms. The van der Waals surface area contributed by atoms with Crippen LogP contribution in [0.15, 0.2) is 0 Å². The normalized spacial score (nSPS) is 10.1. The van der Waals surface area contributed by atoms with Crippen molar-refractivity contribution in [3.05, 3.63) is 0 Å². The van der Waals surface area contributed by atoms with Gasteiger partial charge < -0.3 is 15.0 Å². The molecule has 0 aromatic heterocycles. The minimum atomic E-state index is -0.349. The van der Waals surface area contributed by atoms with Gasteiger partial charge in [-0.2, -0.15) is 0 Å². The molecule has 0 aromatic carbocycles. The number of ether oxygens (including phenoxy) is 1. The summed E-state index contributed by atoms with van der Waals surface area (Å²) in [6, 6.07) is 0. The number of carbonyl (C=O) groups is 2. The zero-order valence-corrected chi connectivity index (χ0v) is 9.71. The number of esters is 1. The Balaban J connectivity index is 3.37. The van der Waals surface area contributed by atoms with Crippen LogP contribution >= 0.6 is 0 Å². The van der Waals surface area contributed by atoms with Crippen molar-refractivity contribution in [2.24, 2.45) is 0 Å². The fourth-order valence-corrected chi connectivity index (χ4v) is 1.03. The standard InChI is InChI=1S/C10H20N2O3/c1-12(2)8-4-7-11-9(13)5-6-10(14)15-3/h4-8H2,1-3H3,(H,11,13). The van der Waals surface area contributed by atoms with Gasteiger partial charge >= 0.3 is 5.97 Å². The second-order valence-corrected chi connectivity index (χ2v) is 3.58. The van der Waals surface area contributed by atoms with Crippen LogP contribution in [-0.2, 0) is 14.3 Å². The number of amides is 1. The Kier molecular flexibility index (Phi) is 7.62. The molecule has 1 amide bonds. The predicted molar refractivity (Wildman–Crippen MR) is 57.4 cm³/mol. The lowest BCUT2D eigenvalue weighted by atomic mass is 10.3. The summed E-state index contributed by atoms with van der Waals surface area (Å²) < 4.78 is 4.43. The Morgan fingerprint density at radius 2 is 1.93 bits per heavy atom. The molecule has 0 aliphatic carbocycles. The summed E-state index contributed by atoms with van der Waals surface area (Å²) in [5.41, 5.74) is 0. The van der Waals surface area contributed by atoms with Crippen LogP contribution in [0.2, 0.25) is 0 Å². The number of nitrogens with zero attached hydrogens (tertiary/aromatic N) is 1. The Bertz CT molecular complexity index is 205. The third-order valence-corrected chi connectivity index (χ3v) is 1.89. The molecule has 88 valence electrons. The van der Waals surface area contributed by atoms with Gasteiger partial charge in [-0.25, -0.2) is 0 Å². The van der Waals surface area contributed by atoms with E-state index in [9.17, 15) is 9.59 Å². The molecule has 15 heavy (non-hydrogen) atoms. The van der Waals surface area contributed by atoms with Gasteiger partial charge in [-0.1, -0.05) is 0 Å². The third kappa shape index (κ3) is 9.21. The number of hydrogen-bond donors (Lipinski definition) is 1. The van der Waals surface area contributed by atoms with Gasteiger partial charge in [-0.05, 0) is 27.1 Å². The first-order valence-electron chi connectivity index (χ1n) is 5.04. The number of hydrogen-bond acceptors (Lipinski definition) is 4. The van der Waals surface area contributed by atoms with Gasteiger partial charge in [0.2, 0.25) is 5.91 Å². The van der Waals surface area contributed by atoms with Crippen LogP contribution in [-0.4, -0.2) is 51.1 Å². The average molecular weight is 216 g/mol. The van der Waals surface area contributed by atoms with Gasteiger partial charge in [-0.3, -0.25) is 9.59 Å². The highest BCUT2D eigenvalue weighted by Gasteiger charge is 2.05. The summed E-state index contributed by atoms with van der Waals surface area (Å²) in [5, 5.41) is 2.74. The summed E-state index contributed by atoms with van der Waals surface area (Å²) in [5.74, 6) is -0.447. The van der Waals surface area contributed by atoms with E-state index in [1.807, 2.05) is 14.1 Å². The molecule has 0 radical (unpaired) electrons. The second-order valence-electron chi connectivity index (χ2n) is 3.58. The first-order valence-corrected chi connectivity index (χ1v) is 5.04. The van der Waals surface area contributed by atoms with Gasteiger partial charge in [-0.15, -0.1) is 0 Å². The molecule has 0 atom stereocenters. The molecule has 0 aromatic rings. The van der Waals surface area contributed by atoms with E-state index in [0.29, 0.717) is 6.54 Å². The SMILES string of the molecule is COC(=O)CCC(=O)NCCCN(C)C. The van der Waals surface area contributed by atoms with E-state index in [0.717, 1.165) is 13.0 Å². The first kappa shape index (κ1) is 13.9. The number of carbonyl (C=O) groups excluding carboxylic acids is 2. The lowest BCUT2D eigenvalue weighted by molar-refractivity contribution is -0.142. The Morgan fingerprint density at radius 1 is 1.27 bits per heavy atom. The molecule has 0 rings (SSSR count). The smallest absolute Gasteiger partial charge is 0.306 e. The van der Waals surface area contributed by atoms with Gasteiger partial charge in [0.05, 0.1) is 13.5 Å². The first-order chi connectivity index (χ1) is 7.06. The van der Waals surface area contributed by atoms with Crippen LogP contribution < -0.4 is 5.32 Å². The minimum Gasteiger partial charge on any atom is -0.469 e. The van der Waals surface area contributed by atoms with Crippen molar-refractivity contribution in [2.75, 3.05) is 34.3 Å². The van der Waals surface area contributed by atoms with Crippen LogP contribution in [0.5, 0.6) is 0 Å². The molecule has 0 saturated carbocycles. The van der Waals surface area contributed by atoms with Crippen LogP contribution in [0.4, 0.5) is 0 Å². The Labute approximate surface area is 90.8 Å². The van der Waals surface area contributed by atoms with E-state index in [-0.39, 0.29) is 24.7 Å². The molecule has 0 unspecified atom stereocenters. The molecule has 0 aliphatic heterocycles. The van der Waals surface area contributed by atoms with E-state index in [1.165, 1.54) is 7.11 Å². The molecule has 0 fully saturated rings. The van der Waals surface area contributed by atoms with Crippen molar-refractivity contribution >= 4 is 11.9 Å². The highest BCUT2D eigenvalue weighted by atomic mass is 16.5. The second kappa shape index (κ2) is 8.23. The van der Waals surface area contributed by atoms with Crippen molar-refractivity contribution < 1.29 is 14.3 Å². The van der Waals surface area contributed by atoms with Gasteiger partial charge in [0.25, 0.3) is 0 Å². The lowest BCUT2D eigenvalue weighted by Gasteiger charge is -2.09. The summed E-state index contributed by atoms with van der Waals surface area (Å²) in [6.45, 7) is 1.59. The summed E-state index contributed by atoms with van der Waals surface area (Å²) in [4.78, 5) is 24.0. The summed E-state index contributed by atoms with van der Waals surface area (Å²) in [7, 11) is 5.29.